The Hall–Kier alpha value is 0.1000. The lowest BCUT2D eigenvalue weighted by molar-refractivity contribution is 0.843. The van der Waals surface area contributed by atoms with E-state index in [9.17, 15) is 0 Å². The predicted molar refractivity (Wildman–Crippen MR) is 81.8 cm³/mol. The van der Waals surface area contributed by atoms with Crippen molar-refractivity contribution in [2.45, 2.75) is 18.6 Å². The molecular weight excluding hydrogens is 343 g/mol. The van der Waals surface area contributed by atoms with Crippen molar-refractivity contribution in [2.24, 2.45) is 4.99 Å². The number of nitrogens with one attached hydrogen (secondary N) is 1. The van der Waals surface area contributed by atoms with Crippen LogP contribution >= 0.6 is 50.9 Å². The van der Waals surface area contributed by atoms with Crippen LogP contribution in [-0.4, -0.2) is 17.0 Å². The summed E-state index contributed by atoms with van der Waals surface area (Å²) in [5.41, 5.74) is 0.722. The summed E-state index contributed by atoms with van der Waals surface area (Å²) in [6.07, 6.45) is 1.11. The largest absolute Gasteiger partial charge is 0.333 e. The third-order valence-corrected chi connectivity index (χ3v) is 4.74. The Bertz CT molecular complexity index is 442. The molecule has 0 saturated heterocycles. The van der Waals surface area contributed by atoms with Crippen LogP contribution in [-0.2, 0) is 0 Å². The van der Waals surface area contributed by atoms with Gasteiger partial charge in [-0.05, 0) is 18.6 Å². The van der Waals surface area contributed by atoms with Crippen molar-refractivity contribution < 1.29 is 0 Å². The van der Waals surface area contributed by atoms with E-state index in [1.54, 1.807) is 11.8 Å². The zero-order chi connectivity index (χ0) is 12.4. The quantitative estimate of drug-likeness (QED) is 0.804. The first kappa shape index (κ1) is 13.5. The van der Waals surface area contributed by atoms with Crippen molar-refractivity contribution in [1.29, 1.82) is 0 Å². The van der Waals surface area contributed by atoms with Gasteiger partial charge < -0.3 is 5.32 Å². The van der Waals surface area contributed by atoms with E-state index in [1.807, 2.05) is 12.1 Å². The molecule has 0 fully saturated rings. The maximum Gasteiger partial charge on any atom is 0.161 e. The van der Waals surface area contributed by atoms with Crippen molar-refractivity contribution in [3.05, 3.63) is 26.7 Å². The second-order valence-corrected chi connectivity index (χ2v) is 6.68. The van der Waals surface area contributed by atoms with E-state index in [1.165, 1.54) is 0 Å². The van der Waals surface area contributed by atoms with Gasteiger partial charge in [-0.3, -0.25) is 4.99 Å². The molecule has 1 atom stereocenters. The first-order valence-electron chi connectivity index (χ1n) is 5.22. The first-order chi connectivity index (χ1) is 8.10. The highest BCUT2D eigenvalue weighted by Crippen LogP contribution is 2.35. The Morgan fingerprint density at radius 1 is 1.47 bits per heavy atom. The van der Waals surface area contributed by atoms with Gasteiger partial charge in [-0.2, -0.15) is 0 Å². The third-order valence-electron chi connectivity index (χ3n) is 2.41. The molecule has 92 valence electrons. The molecule has 0 bridgehead atoms. The normalized spacial score (nSPS) is 19.3. The lowest BCUT2D eigenvalue weighted by Crippen LogP contribution is -2.07. The summed E-state index contributed by atoms with van der Waals surface area (Å²) in [5, 5.41) is 5.83. The zero-order valence-electron chi connectivity index (χ0n) is 9.14. The smallest absolute Gasteiger partial charge is 0.161 e. The number of hydrogen-bond acceptors (Lipinski definition) is 3. The summed E-state index contributed by atoms with van der Waals surface area (Å²) in [7, 11) is 0. The number of thioether (sulfide) groups is 1. The average Bonchev–Trinajstić information content (AvgIpc) is 2.71. The summed E-state index contributed by atoms with van der Waals surface area (Å²) < 4.78 is 0.866. The first-order valence-corrected chi connectivity index (χ1v) is 7.65. The Balaban J connectivity index is 2.15. The van der Waals surface area contributed by atoms with Crippen LogP contribution in [0.25, 0.3) is 0 Å². The number of halogens is 3. The molecule has 17 heavy (non-hydrogen) atoms. The molecule has 2 nitrogen and oxygen atoms in total. The maximum absolute atomic E-state index is 6.14. The van der Waals surface area contributed by atoms with Crippen LogP contribution in [0.3, 0.4) is 0 Å². The Morgan fingerprint density at radius 3 is 2.65 bits per heavy atom. The molecule has 1 aromatic rings. The van der Waals surface area contributed by atoms with Crippen LogP contribution < -0.4 is 5.32 Å². The molecule has 0 spiro atoms. The Labute approximate surface area is 123 Å². The molecule has 0 aromatic heterocycles. The predicted octanol–water partition coefficient (Wildman–Crippen LogP) is 5.05. The molecular formula is C11H11BrCl2N2S. The van der Waals surface area contributed by atoms with Crippen LogP contribution in [0.1, 0.15) is 13.3 Å². The molecule has 1 N–H and O–H groups in total. The highest BCUT2D eigenvalue weighted by Gasteiger charge is 2.19. The summed E-state index contributed by atoms with van der Waals surface area (Å²) in [4.78, 5) is 4.43. The van der Waals surface area contributed by atoms with Gasteiger partial charge in [0.25, 0.3) is 0 Å². The fourth-order valence-corrected chi connectivity index (χ4v) is 3.71. The van der Waals surface area contributed by atoms with E-state index < -0.39 is 0 Å². The molecule has 1 unspecified atom stereocenters. The van der Waals surface area contributed by atoms with E-state index in [0.717, 1.165) is 28.3 Å². The minimum Gasteiger partial charge on any atom is -0.333 e. The average molecular weight is 354 g/mol. The van der Waals surface area contributed by atoms with E-state index >= 15 is 0 Å². The number of anilines is 1. The third kappa shape index (κ3) is 3.31. The van der Waals surface area contributed by atoms with Crippen molar-refractivity contribution in [2.75, 3.05) is 11.9 Å². The van der Waals surface area contributed by atoms with Gasteiger partial charge in [0.1, 0.15) is 0 Å². The van der Waals surface area contributed by atoms with Gasteiger partial charge in [-0.1, -0.05) is 57.8 Å². The summed E-state index contributed by atoms with van der Waals surface area (Å²) >= 11 is 17.4. The van der Waals surface area contributed by atoms with Gasteiger partial charge in [0, 0.05) is 9.72 Å². The standard InChI is InChI=1S/C11H11BrCl2N2S/c1-2-7-5-15-11(17-7)16-10-8(13)3-6(12)4-9(10)14/h3-4,7H,2,5H2,1H3,(H,15,16). The maximum atomic E-state index is 6.14. The van der Waals surface area contributed by atoms with Gasteiger partial charge >= 0.3 is 0 Å². The molecule has 0 radical (unpaired) electrons. The van der Waals surface area contributed by atoms with Crippen molar-refractivity contribution >= 4 is 61.7 Å². The van der Waals surface area contributed by atoms with Crippen LogP contribution in [0.4, 0.5) is 5.69 Å². The van der Waals surface area contributed by atoms with E-state index in [0.29, 0.717) is 15.3 Å². The number of nitrogens with zero attached hydrogens (tertiary/aromatic N) is 1. The van der Waals surface area contributed by atoms with Gasteiger partial charge in [-0.25, -0.2) is 0 Å². The van der Waals surface area contributed by atoms with Gasteiger partial charge in [-0.15, -0.1) is 0 Å². The fraction of sp³-hybridized carbons (Fsp3) is 0.364. The van der Waals surface area contributed by atoms with Crippen LogP contribution in [0.2, 0.25) is 10.0 Å². The second kappa shape index (κ2) is 5.83. The minimum absolute atomic E-state index is 0.561. The lowest BCUT2D eigenvalue weighted by atomic mass is 10.3. The van der Waals surface area contributed by atoms with E-state index in [-0.39, 0.29) is 0 Å². The van der Waals surface area contributed by atoms with Crippen LogP contribution in [0.15, 0.2) is 21.6 Å². The second-order valence-electron chi connectivity index (χ2n) is 3.66. The van der Waals surface area contributed by atoms with Gasteiger partial charge in [0.05, 0.1) is 22.3 Å². The van der Waals surface area contributed by atoms with Crippen LogP contribution in [0.5, 0.6) is 0 Å². The highest BCUT2D eigenvalue weighted by atomic mass is 79.9. The molecule has 2 rings (SSSR count). The highest BCUT2D eigenvalue weighted by molar-refractivity contribution is 9.10. The Morgan fingerprint density at radius 2 is 2.12 bits per heavy atom. The topological polar surface area (TPSA) is 24.4 Å². The monoisotopic (exact) mass is 352 g/mol. The lowest BCUT2D eigenvalue weighted by Gasteiger charge is -2.11. The molecule has 0 amide bonds. The van der Waals surface area contributed by atoms with Gasteiger partial charge in [0.2, 0.25) is 0 Å². The number of hydrogen-bond donors (Lipinski definition) is 1. The molecule has 1 aromatic carbocycles. The molecule has 1 aliphatic rings. The van der Waals surface area contributed by atoms with Crippen LogP contribution in [0, 0.1) is 0 Å². The fourth-order valence-electron chi connectivity index (χ4n) is 1.47. The van der Waals surface area contributed by atoms with E-state index in [2.05, 4.69) is 33.2 Å². The Kier molecular flexibility index (Phi) is 4.64. The molecule has 0 aliphatic carbocycles. The summed E-state index contributed by atoms with van der Waals surface area (Å²) in [6, 6.07) is 3.63. The minimum atomic E-state index is 0.561. The molecule has 6 heteroatoms. The van der Waals surface area contributed by atoms with E-state index in [4.69, 9.17) is 23.2 Å². The van der Waals surface area contributed by atoms with Gasteiger partial charge in [0.15, 0.2) is 5.17 Å². The SMILES string of the molecule is CCC1CN=C(Nc2c(Cl)cc(Br)cc2Cl)S1. The van der Waals surface area contributed by atoms with Crippen molar-refractivity contribution in [3.8, 4) is 0 Å². The molecule has 1 heterocycles. The number of rotatable bonds is 2. The molecule has 0 saturated carbocycles. The summed E-state index contributed by atoms with van der Waals surface area (Å²) in [6.45, 7) is 3.02. The van der Waals surface area contributed by atoms with Crippen molar-refractivity contribution in [1.82, 2.24) is 0 Å². The zero-order valence-corrected chi connectivity index (χ0v) is 13.0. The number of benzene rings is 1. The van der Waals surface area contributed by atoms with Crippen molar-refractivity contribution in [3.63, 3.8) is 0 Å². The molecule has 1 aliphatic heterocycles. The summed E-state index contributed by atoms with van der Waals surface area (Å²) in [5.74, 6) is 0. The number of amidine groups is 1. The number of aliphatic imine (C=N–C) groups is 1.